The van der Waals surface area contributed by atoms with Gasteiger partial charge in [0.1, 0.15) is 17.7 Å². The molecule has 0 saturated heterocycles. The van der Waals surface area contributed by atoms with Gasteiger partial charge in [0.25, 0.3) is 0 Å². The number of nitrogens with one attached hydrogen (secondary N) is 1. The van der Waals surface area contributed by atoms with Crippen LogP contribution < -0.4 is 5.32 Å². The molecule has 0 aromatic heterocycles. The first-order valence-electron chi connectivity index (χ1n) is 8.11. The SMILES string of the molecule is C=C[C@H](CC/C=C/C[C@H](NC(=O)OC(C)(C)C)C(=O)OC)OC(C)=O. The maximum atomic E-state index is 11.8. The largest absolute Gasteiger partial charge is 0.467 e. The van der Waals surface area contributed by atoms with E-state index in [0.29, 0.717) is 12.8 Å². The molecule has 0 aliphatic rings. The van der Waals surface area contributed by atoms with E-state index in [1.54, 1.807) is 32.9 Å². The van der Waals surface area contributed by atoms with Crippen LogP contribution >= 0.6 is 0 Å². The fraction of sp³-hybridized carbons (Fsp3) is 0.611. The second-order valence-corrected chi connectivity index (χ2v) is 6.39. The van der Waals surface area contributed by atoms with Crippen molar-refractivity contribution in [2.45, 2.75) is 64.7 Å². The molecule has 0 bridgehead atoms. The molecule has 7 nitrogen and oxygen atoms in total. The van der Waals surface area contributed by atoms with Gasteiger partial charge in [0, 0.05) is 6.92 Å². The fourth-order valence-electron chi connectivity index (χ4n) is 1.85. The highest BCUT2D eigenvalue weighted by atomic mass is 16.6. The number of esters is 2. The number of hydrogen-bond acceptors (Lipinski definition) is 6. The first-order chi connectivity index (χ1) is 11.6. The van der Waals surface area contributed by atoms with Gasteiger partial charge in [-0.05, 0) is 40.0 Å². The average Bonchev–Trinajstić information content (AvgIpc) is 2.49. The summed E-state index contributed by atoms with van der Waals surface area (Å²) < 4.78 is 14.9. The van der Waals surface area contributed by atoms with E-state index in [1.807, 2.05) is 6.08 Å². The number of methoxy groups -OCH3 is 1. The summed E-state index contributed by atoms with van der Waals surface area (Å²) in [5.74, 6) is -0.916. The summed E-state index contributed by atoms with van der Waals surface area (Å²) in [5.41, 5.74) is -0.656. The van der Waals surface area contributed by atoms with Gasteiger partial charge in [0.15, 0.2) is 0 Å². The van der Waals surface area contributed by atoms with Crippen molar-refractivity contribution in [1.29, 1.82) is 0 Å². The normalized spacial score (nSPS) is 13.6. The molecule has 0 fully saturated rings. The van der Waals surface area contributed by atoms with Crippen LogP contribution in [0.5, 0.6) is 0 Å². The van der Waals surface area contributed by atoms with Crippen LogP contribution in [0.2, 0.25) is 0 Å². The van der Waals surface area contributed by atoms with Gasteiger partial charge in [-0.25, -0.2) is 9.59 Å². The zero-order valence-electron chi connectivity index (χ0n) is 15.7. The molecular weight excluding hydrogens is 326 g/mol. The molecule has 142 valence electrons. The monoisotopic (exact) mass is 355 g/mol. The second-order valence-electron chi connectivity index (χ2n) is 6.39. The number of hydrogen-bond donors (Lipinski definition) is 1. The molecule has 0 saturated carbocycles. The molecule has 1 amide bonds. The second kappa shape index (κ2) is 11.3. The van der Waals surface area contributed by atoms with E-state index in [0.717, 1.165) is 0 Å². The molecule has 0 aliphatic carbocycles. The quantitative estimate of drug-likeness (QED) is 0.388. The highest BCUT2D eigenvalue weighted by molar-refractivity contribution is 5.81. The zero-order valence-corrected chi connectivity index (χ0v) is 15.7. The fourth-order valence-corrected chi connectivity index (χ4v) is 1.85. The Hall–Kier alpha value is -2.31. The van der Waals surface area contributed by atoms with Crippen molar-refractivity contribution in [3.8, 4) is 0 Å². The third-order valence-electron chi connectivity index (χ3n) is 2.91. The standard InChI is InChI=1S/C18H29NO6/c1-7-14(24-13(2)20)11-9-8-10-12-15(16(21)23-6)19-17(22)25-18(3,4)5/h7-8,10,14-15H,1,9,11-12H2,2-6H3,(H,19,22)/b10-8+/t14-,15+/m1/s1. The van der Waals surface area contributed by atoms with Crippen LogP contribution in [-0.2, 0) is 23.8 Å². The Balaban J connectivity index is 4.48. The maximum Gasteiger partial charge on any atom is 0.408 e. The van der Waals surface area contributed by atoms with Gasteiger partial charge < -0.3 is 19.5 Å². The van der Waals surface area contributed by atoms with Crippen molar-refractivity contribution < 1.29 is 28.6 Å². The Kier molecular flexibility index (Phi) is 10.2. The molecule has 2 atom stereocenters. The Morgan fingerprint density at radius 2 is 1.84 bits per heavy atom. The van der Waals surface area contributed by atoms with Gasteiger partial charge >= 0.3 is 18.0 Å². The van der Waals surface area contributed by atoms with E-state index in [1.165, 1.54) is 14.0 Å². The van der Waals surface area contributed by atoms with E-state index >= 15 is 0 Å². The number of amides is 1. The van der Waals surface area contributed by atoms with Crippen molar-refractivity contribution >= 4 is 18.0 Å². The number of allylic oxidation sites excluding steroid dienone is 1. The Bertz CT molecular complexity index is 492. The molecule has 0 radical (unpaired) electrons. The summed E-state index contributed by atoms with van der Waals surface area (Å²) in [6.45, 7) is 10.2. The van der Waals surface area contributed by atoms with E-state index in [4.69, 9.17) is 9.47 Å². The predicted octanol–water partition coefficient (Wildman–Crippen LogP) is 2.90. The molecule has 7 heteroatoms. The van der Waals surface area contributed by atoms with Crippen molar-refractivity contribution in [3.63, 3.8) is 0 Å². The average molecular weight is 355 g/mol. The Labute approximate surface area is 149 Å². The van der Waals surface area contributed by atoms with E-state index in [-0.39, 0.29) is 18.5 Å². The molecule has 0 aromatic carbocycles. The van der Waals surface area contributed by atoms with Crippen LogP contribution in [0.1, 0.15) is 47.0 Å². The Morgan fingerprint density at radius 1 is 1.20 bits per heavy atom. The van der Waals surface area contributed by atoms with Crippen LogP contribution in [0.15, 0.2) is 24.8 Å². The van der Waals surface area contributed by atoms with Gasteiger partial charge in [0.2, 0.25) is 0 Å². The lowest BCUT2D eigenvalue weighted by molar-refractivity contribution is -0.144. The van der Waals surface area contributed by atoms with E-state index in [2.05, 4.69) is 16.6 Å². The van der Waals surface area contributed by atoms with Gasteiger partial charge in [0.05, 0.1) is 7.11 Å². The van der Waals surface area contributed by atoms with Gasteiger partial charge in [-0.3, -0.25) is 4.79 Å². The summed E-state index contributed by atoms with van der Waals surface area (Å²) in [5, 5.41) is 2.49. The molecule has 1 N–H and O–H groups in total. The number of carbonyl (C=O) groups excluding carboxylic acids is 3. The van der Waals surface area contributed by atoms with Crippen LogP contribution in [0.25, 0.3) is 0 Å². The van der Waals surface area contributed by atoms with Gasteiger partial charge in [-0.15, -0.1) is 0 Å². The summed E-state index contributed by atoms with van der Waals surface area (Å²) in [6.07, 6.45) is 5.61. The number of rotatable bonds is 9. The highest BCUT2D eigenvalue weighted by Gasteiger charge is 2.23. The lowest BCUT2D eigenvalue weighted by Gasteiger charge is -2.22. The molecule has 0 spiro atoms. The third kappa shape index (κ3) is 11.8. The summed E-state index contributed by atoms with van der Waals surface area (Å²) in [4.78, 5) is 34.4. The van der Waals surface area contributed by atoms with Gasteiger partial charge in [-0.2, -0.15) is 0 Å². The number of alkyl carbamates (subject to hydrolysis) is 1. The van der Waals surface area contributed by atoms with Crippen LogP contribution in [0.3, 0.4) is 0 Å². The van der Waals surface area contributed by atoms with E-state index in [9.17, 15) is 14.4 Å². The van der Waals surface area contributed by atoms with Crippen molar-refractivity contribution in [2.75, 3.05) is 7.11 Å². The first-order valence-corrected chi connectivity index (χ1v) is 8.11. The lowest BCUT2D eigenvalue weighted by Crippen LogP contribution is -2.43. The highest BCUT2D eigenvalue weighted by Crippen LogP contribution is 2.09. The molecule has 0 heterocycles. The molecule has 0 aliphatic heterocycles. The number of ether oxygens (including phenoxy) is 3. The lowest BCUT2D eigenvalue weighted by atomic mass is 10.1. The maximum absolute atomic E-state index is 11.8. The van der Waals surface area contributed by atoms with Crippen LogP contribution in [0, 0.1) is 0 Å². The van der Waals surface area contributed by atoms with Crippen molar-refractivity contribution in [3.05, 3.63) is 24.8 Å². The smallest absolute Gasteiger partial charge is 0.408 e. The predicted molar refractivity (Wildman–Crippen MR) is 93.9 cm³/mol. The van der Waals surface area contributed by atoms with Gasteiger partial charge in [-0.1, -0.05) is 24.8 Å². The summed E-state index contributed by atoms with van der Waals surface area (Å²) >= 11 is 0. The van der Waals surface area contributed by atoms with E-state index < -0.39 is 23.7 Å². The first kappa shape index (κ1) is 22.7. The molecular formula is C18H29NO6. The molecule has 0 unspecified atom stereocenters. The number of carbonyl (C=O) groups is 3. The van der Waals surface area contributed by atoms with Crippen molar-refractivity contribution in [2.24, 2.45) is 0 Å². The zero-order chi connectivity index (χ0) is 19.5. The minimum Gasteiger partial charge on any atom is -0.467 e. The molecule has 0 aromatic rings. The molecule has 25 heavy (non-hydrogen) atoms. The molecule has 0 rings (SSSR count). The Morgan fingerprint density at radius 3 is 2.32 bits per heavy atom. The summed E-state index contributed by atoms with van der Waals surface area (Å²) in [7, 11) is 1.25. The summed E-state index contributed by atoms with van der Waals surface area (Å²) in [6, 6.07) is -0.834. The minimum atomic E-state index is -0.834. The van der Waals surface area contributed by atoms with Crippen LogP contribution in [0.4, 0.5) is 4.79 Å². The minimum absolute atomic E-state index is 0.262. The third-order valence-corrected chi connectivity index (χ3v) is 2.91. The van der Waals surface area contributed by atoms with Crippen molar-refractivity contribution in [1.82, 2.24) is 5.32 Å². The topological polar surface area (TPSA) is 90.9 Å². The van der Waals surface area contributed by atoms with Crippen LogP contribution in [-0.4, -0.2) is 42.9 Å².